The van der Waals surface area contributed by atoms with Crippen molar-refractivity contribution in [1.29, 1.82) is 0 Å². The molecular formula is C12H5Cl2F4NO2S. The van der Waals surface area contributed by atoms with Crippen molar-refractivity contribution in [3.63, 3.8) is 0 Å². The van der Waals surface area contributed by atoms with E-state index in [-0.39, 0.29) is 16.1 Å². The van der Waals surface area contributed by atoms with Gasteiger partial charge in [-0.05, 0) is 18.2 Å². The predicted molar refractivity (Wildman–Crippen MR) is 73.5 cm³/mol. The Bertz CT molecular complexity index is 832. The Morgan fingerprint density at radius 3 is 2.00 bits per heavy atom. The van der Waals surface area contributed by atoms with Crippen molar-refractivity contribution >= 4 is 38.9 Å². The van der Waals surface area contributed by atoms with Crippen molar-refractivity contribution in [2.45, 2.75) is 4.90 Å². The number of hydrogen-bond acceptors (Lipinski definition) is 2. The molecule has 0 aromatic heterocycles. The molecule has 0 aliphatic rings. The fraction of sp³-hybridized carbons (Fsp3) is 0. The van der Waals surface area contributed by atoms with Crippen LogP contribution in [-0.2, 0) is 10.0 Å². The van der Waals surface area contributed by atoms with Gasteiger partial charge in [0.2, 0.25) is 0 Å². The summed E-state index contributed by atoms with van der Waals surface area (Å²) in [6.45, 7) is 0. The molecule has 2 rings (SSSR count). The zero-order valence-electron chi connectivity index (χ0n) is 10.3. The Balaban J connectivity index is 2.57. The van der Waals surface area contributed by atoms with Crippen molar-refractivity contribution in [2.24, 2.45) is 0 Å². The molecule has 0 aliphatic carbocycles. The van der Waals surface area contributed by atoms with Crippen LogP contribution in [0, 0.1) is 23.3 Å². The number of hydrogen-bond donors (Lipinski definition) is 1. The van der Waals surface area contributed by atoms with Gasteiger partial charge >= 0.3 is 0 Å². The first kappa shape index (κ1) is 16.9. The lowest BCUT2D eigenvalue weighted by Crippen LogP contribution is -2.17. The highest BCUT2D eigenvalue weighted by molar-refractivity contribution is 7.92. The van der Waals surface area contributed by atoms with Crippen molar-refractivity contribution in [3.8, 4) is 0 Å². The fourth-order valence-corrected chi connectivity index (χ4v) is 3.36. The Labute approximate surface area is 132 Å². The van der Waals surface area contributed by atoms with Gasteiger partial charge in [-0.3, -0.25) is 4.72 Å². The van der Waals surface area contributed by atoms with Crippen LogP contribution in [-0.4, -0.2) is 8.42 Å². The smallest absolute Gasteiger partial charge is 0.263 e. The lowest BCUT2D eigenvalue weighted by atomic mass is 10.3. The minimum atomic E-state index is -4.62. The molecule has 2 aromatic rings. The van der Waals surface area contributed by atoms with Crippen LogP contribution in [0.2, 0.25) is 10.0 Å². The summed E-state index contributed by atoms with van der Waals surface area (Å²) in [5.74, 6) is -7.29. The Morgan fingerprint density at radius 2 is 1.45 bits per heavy atom. The van der Waals surface area contributed by atoms with Gasteiger partial charge in [-0.2, -0.15) is 0 Å². The second-order valence-corrected chi connectivity index (χ2v) is 6.52. The molecule has 2 aromatic carbocycles. The Hall–Kier alpha value is -1.51. The van der Waals surface area contributed by atoms with Crippen LogP contribution in [0.5, 0.6) is 0 Å². The number of benzene rings is 2. The van der Waals surface area contributed by atoms with Crippen LogP contribution in [0.25, 0.3) is 0 Å². The highest BCUT2D eigenvalue weighted by atomic mass is 35.5. The quantitative estimate of drug-likeness (QED) is 0.642. The lowest BCUT2D eigenvalue weighted by molar-refractivity contribution is 0.459. The molecule has 0 saturated carbocycles. The van der Waals surface area contributed by atoms with E-state index in [1.807, 2.05) is 0 Å². The van der Waals surface area contributed by atoms with Gasteiger partial charge in [-0.25, -0.2) is 26.0 Å². The first-order chi connectivity index (χ1) is 10.1. The molecular weight excluding hydrogens is 369 g/mol. The lowest BCUT2D eigenvalue weighted by Gasteiger charge is -2.12. The summed E-state index contributed by atoms with van der Waals surface area (Å²) >= 11 is 11.3. The summed E-state index contributed by atoms with van der Waals surface area (Å²) in [7, 11) is -4.62. The number of anilines is 1. The van der Waals surface area contributed by atoms with E-state index >= 15 is 0 Å². The molecule has 0 heterocycles. The molecule has 10 heteroatoms. The molecule has 0 unspecified atom stereocenters. The summed E-state index contributed by atoms with van der Waals surface area (Å²) in [6.07, 6.45) is 0. The zero-order valence-corrected chi connectivity index (χ0v) is 12.6. The monoisotopic (exact) mass is 373 g/mol. The second kappa shape index (κ2) is 5.94. The standard InChI is InChI=1S/C12H5Cl2F4NO2S/c13-5-1-2-6(14)9(3-5)22(20,21)19-12-10(17)7(15)4-8(16)11(12)18/h1-4,19H. The van der Waals surface area contributed by atoms with E-state index in [0.29, 0.717) is 0 Å². The number of nitrogens with one attached hydrogen (secondary N) is 1. The van der Waals surface area contributed by atoms with Gasteiger partial charge in [0.05, 0.1) is 5.02 Å². The summed E-state index contributed by atoms with van der Waals surface area (Å²) < 4.78 is 78.7. The number of sulfonamides is 1. The van der Waals surface area contributed by atoms with Gasteiger partial charge in [0.25, 0.3) is 10.0 Å². The van der Waals surface area contributed by atoms with Crippen LogP contribution in [0.3, 0.4) is 0 Å². The van der Waals surface area contributed by atoms with Crippen molar-refractivity contribution < 1.29 is 26.0 Å². The average molecular weight is 374 g/mol. The fourth-order valence-electron chi connectivity index (χ4n) is 1.54. The van der Waals surface area contributed by atoms with Crippen LogP contribution < -0.4 is 4.72 Å². The first-order valence-electron chi connectivity index (χ1n) is 5.44. The highest BCUT2D eigenvalue weighted by Crippen LogP contribution is 2.30. The van der Waals surface area contributed by atoms with E-state index < -0.39 is 43.9 Å². The molecule has 0 fully saturated rings. The van der Waals surface area contributed by atoms with Crippen LogP contribution in [0.1, 0.15) is 0 Å². The third-order valence-corrected chi connectivity index (χ3v) is 4.60. The van der Waals surface area contributed by atoms with Gasteiger partial charge in [-0.1, -0.05) is 23.2 Å². The van der Waals surface area contributed by atoms with E-state index in [2.05, 4.69) is 0 Å². The first-order valence-corrected chi connectivity index (χ1v) is 7.68. The van der Waals surface area contributed by atoms with E-state index in [9.17, 15) is 26.0 Å². The molecule has 0 saturated heterocycles. The molecule has 0 bridgehead atoms. The molecule has 0 amide bonds. The Morgan fingerprint density at radius 1 is 0.909 bits per heavy atom. The molecule has 1 N–H and O–H groups in total. The van der Waals surface area contributed by atoms with Gasteiger partial charge in [0.1, 0.15) is 10.6 Å². The molecule has 0 aliphatic heterocycles. The second-order valence-electron chi connectivity index (χ2n) is 4.02. The maximum absolute atomic E-state index is 13.5. The topological polar surface area (TPSA) is 46.2 Å². The van der Waals surface area contributed by atoms with Crippen LogP contribution in [0.15, 0.2) is 29.2 Å². The van der Waals surface area contributed by atoms with E-state index in [1.54, 1.807) is 0 Å². The van der Waals surface area contributed by atoms with Gasteiger partial charge in [0.15, 0.2) is 23.3 Å². The summed E-state index contributed by atoms with van der Waals surface area (Å²) in [5, 5.41) is -0.314. The van der Waals surface area contributed by atoms with Crippen LogP contribution >= 0.6 is 23.2 Å². The highest BCUT2D eigenvalue weighted by Gasteiger charge is 2.26. The predicted octanol–water partition coefficient (Wildman–Crippen LogP) is 4.35. The third-order valence-electron chi connectivity index (χ3n) is 2.53. The SMILES string of the molecule is O=S(=O)(Nc1c(F)c(F)cc(F)c1F)c1cc(Cl)ccc1Cl. The van der Waals surface area contributed by atoms with Crippen molar-refractivity contribution in [1.82, 2.24) is 0 Å². The minimum Gasteiger partial charge on any atom is -0.274 e. The molecule has 0 atom stereocenters. The van der Waals surface area contributed by atoms with Crippen molar-refractivity contribution in [3.05, 3.63) is 57.6 Å². The minimum absolute atomic E-state index is 0.0175. The van der Waals surface area contributed by atoms with E-state index in [4.69, 9.17) is 23.2 Å². The molecule has 0 radical (unpaired) electrons. The zero-order chi connectivity index (χ0) is 16.7. The number of halogens is 6. The van der Waals surface area contributed by atoms with E-state index in [1.165, 1.54) is 10.8 Å². The largest absolute Gasteiger partial charge is 0.274 e. The molecule has 3 nitrogen and oxygen atoms in total. The Kier molecular flexibility index (Phi) is 4.55. The average Bonchev–Trinajstić information content (AvgIpc) is 2.44. The van der Waals surface area contributed by atoms with Gasteiger partial charge in [0, 0.05) is 11.1 Å². The summed E-state index contributed by atoms with van der Waals surface area (Å²) in [5.41, 5.74) is -1.49. The third kappa shape index (κ3) is 3.13. The summed E-state index contributed by atoms with van der Waals surface area (Å²) in [4.78, 5) is -0.606. The normalized spacial score (nSPS) is 11.5. The van der Waals surface area contributed by atoms with Crippen molar-refractivity contribution in [2.75, 3.05) is 4.72 Å². The van der Waals surface area contributed by atoms with E-state index in [0.717, 1.165) is 12.1 Å². The van der Waals surface area contributed by atoms with Gasteiger partial charge in [-0.15, -0.1) is 0 Å². The maximum atomic E-state index is 13.5. The molecule has 22 heavy (non-hydrogen) atoms. The molecule has 118 valence electrons. The maximum Gasteiger partial charge on any atom is 0.263 e. The van der Waals surface area contributed by atoms with Crippen LogP contribution in [0.4, 0.5) is 23.2 Å². The number of rotatable bonds is 3. The van der Waals surface area contributed by atoms with Gasteiger partial charge < -0.3 is 0 Å². The summed E-state index contributed by atoms with van der Waals surface area (Å²) in [6, 6.07) is 3.29. The molecule has 0 spiro atoms.